The molecule has 0 radical (unpaired) electrons. The Morgan fingerprint density at radius 2 is 2.14 bits per heavy atom. The van der Waals surface area contributed by atoms with Crippen LogP contribution in [0.4, 0.5) is 11.4 Å². The Bertz CT molecular complexity index is 1050. The molecular formula is C19H19N5O4S. The average molecular weight is 413 g/mol. The van der Waals surface area contributed by atoms with Crippen LogP contribution in [0.2, 0.25) is 0 Å². The predicted octanol–water partition coefficient (Wildman–Crippen LogP) is 3.41. The number of ether oxygens (including phenoxy) is 1. The molecule has 0 N–H and O–H groups in total. The third-order valence-electron chi connectivity index (χ3n) is 4.71. The highest BCUT2D eigenvalue weighted by molar-refractivity contribution is 7.13. The van der Waals surface area contributed by atoms with E-state index in [9.17, 15) is 14.9 Å². The van der Waals surface area contributed by atoms with E-state index in [1.165, 1.54) is 17.4 Å². The number of carbonyl (C=O) groups is 1. The molecule has 0 aliphatic carbocycles. The first kappa shape index (κ1) is 19.1. The van der Waals surface area contributed by atoms with Crippen molar-refractivity contribution in [2.24, 2.45) is 7.05 Å². The van der Waals surface area contributed by atoms with Crippen LogP contribution in [0.3, 0.4) is 0 Å². The maximum Gasteiger partial charge on any atom is 0.338 e. The number of aryl methyl sites for hydroxylation is 1. The number of hydrogen-bond donors (Lipinski definition) is 0. The molecule has 4 rings (SSSR count). The number of carbonyl (C=O) groups excluding carboxylic acids is 1. The van der Waals surface area contributed by atoms with Gasteiger partial charge in [-0.05, 0) is 25.0 Å². The number of nitro groups is 1. The quantitative estimate of drug-likeness (QED) is 0.346. The van der Waals surface area contributed by atoms with Gasteiger partial charge in [-0.3, -0.25) is 14.8 Å². The maximum atomic E-state index is 12.4. The SMILES string of the molecule is Cn1cc(-c2nc(COC(=O)c3ccc(N4CCCC4)c([N+](=O)[O-])c3)cs2)cn1. The fraction of sp³-hybridized carbons (Fsp3) is 0.316. The summed E-state index contributed by atoms with van der Waals surface area (Å²) in [7, 11) is 1.83. The molecule has 0 amide bonds. The molecule has 0 spiro atoms. The molecule has 0 atom stereocenters. The molecule has 9 nitrogen and oxygen atoms in total. The van der Waals surface area contributed by atoms with Gasteiger partial charge in [0.2, 0.25) is 0 Å². The number of aromatic nitrogens is 3. The monoisotopic (exact) mass is 413 g/mol. The molecule has 150 valence electrons. The summed E-state index contributed by atoms with van der Waals surface area (Å²) in [4.78, 5) is 29.9. The summed E-state index contributed by atoms with van der Waals surface area (Å²) in [6.45, 7) is 1.57. The molecule has 1 saturated heterocycles. The number of nitrogens with zero attached hydrogens (tertiary/aromatic N) is 5. The number of benzene rings is 1. The lowest BCUT2D eigenvalue weighted by molar-refractivity contribution is -0.384. The molecule has 1 fully saturated rings. The summed E-state index contributed by atoms with van der Waals surface area (Å²) < 4.78 is 7.01. The smallest absolute Gasteiger partial charge is 0.338 e. The minimum atomic E-state index is -0.614. The largest absolute Gasteiger partial charge is 0.456 e. The number of anilines is 1. The standard InChI is InChI=1S/C19H19N5O4S/c1-22-10-14(9-20-22)18-21-15(12-29-18)11-28-19(25)13-4-5-16(17(8-13)24(26)27)23-6-2-3-7-23/h4-5,8-10,12H,2-3,6-7,11H2,1H3. The highest BCUT2D eigenvalue weighted by Gasteiger charge is 2.24. The number of thiazole rings is 1. The Hall–Kier alpha value is -3.27. The summed E-state index contributed by atoms with van der Waals surface area (Å²) in [6, 6.07) is 4.49. The van der Waals surface area contributed by atoms with Crippen LogP contribution >= 0.6 is 11.3 Å². The average Bonchev–Trinajstić information content (AvgIpc) is 3.47. The first-order valence-electron chi connectivity index (χ1n) is 9.15. The summed E-state index contributed by atoms with van der Waals surface area (Å²) >= 11 is 1.44. The van der Waals surface area contributed by atoms with Gasteiger partial charge >= 0.3 is 5.97 Å². The topological polar surface area (TPSA) is 103 Å². The van der Waals surface area contributed by atoms with E-state index >= 15 is 0 Å². The second kappa shape index (κ2) is 8.00. The van der Waals surface area contributed by atoms with E-state index in [0.717, 1.165) is 36.5 Å². The Morgan fingerprint density at radius 3 is 2.83 bits per heavy atom. The van der Waals surface area contributed by atoms with E-state index in [-0.39, 0.29) is 17.9 Å². The van der Waals surface area contributed by atoms with Crippen LogP contribution in [0, 0.1) is 10.1 Å². The third-order valence-corrected chi connectivity index (χ3v) is 5.65. The van der Waals surface area contributed by atoms with Crippen LogP contribution in [0.5, 0.6) is 0 Å². The normalized spacial score (nSPS) is 13.6. The lowest BCUT2D eigenvalue weighted by Crippen LogP contribution is -2.19. The van der Waals surface area contributed by atoms with Crippen molar-refractivity contribution in [2.75, 3.05) is 18.0 Å². The van der Waals surface area contributed by atoms with Gasteiger partial charge < -0.3 is 9.64 Å². The van der Waals surface area contributed by atoms with Crippen molar-refractivity contribution >= 4 is 28.7 Å². The van der Waals surface area contributed by atoms with E-state index < -0.39 is 10.9 Å². The van der Waals surface area contributed by atoms with Crippen LogP contribution < -0.4 is 4.90 Å². The summed E-state index contributed by atoms with van der Waals surface area (Å²) in [5.41, 5.74) is 2.13. The Morgan fingerprint density at radius 1 is 1.34 bits per heavy atom. The fourth-order valence-electron chi connectivity index (χ4n) is 3.28. The van der Waals surface area contributed by atoms with Crippen molar-refractivity contribution in [2.45, 2.75) is 19.4 Å². The number of esters is 1. The van der Waals surface area contributed by atoms with Gasteiger partial charge in [-0.25, -0.2) is 9.78 Å². The summed E-state index contributed by atoms with van der Waals surface area (Å²) in [5, 5.41) is 18.2. The number of rotatable bonds is 6. The van der Waals surface area contributed by atoms with Crippen molar-refractivity contribution in [3.63, 3.8) is 0 Å². The molecule has 1 aliphatic heterocycles. The van der Waals surface area contributed by atoms with Gasteiger partial charge in [-0.2, -0.15) is 5.10 Å². The highest BCUT2D eigenvalue weighted by Crippen LogP contribution is 2.32. The van der Waals surface area contributed by atoms with Crippen LogP contribution in [0.25, 0.3) is 10.6 Å². The van der Waals surface area contributed by atoms with Crippen molar-refractivity contribution in [1.29, 1.82) is 0 Å². The first-order chi connectivity index (χ1) is 14.0. The van der Waals surface area contributed by atoms with Crippen LogP contribution in [-0.4, -0.2) is 38.7 Å². The molecule has 1 aromatic carbocycles. The van der Waals surface area contributed by atoms with Gasteiger partial charge in [-0.15, -0.1) is 11.3 Å². The summed E-state index contributed by atoms with van der Waals surface area (Å²) in [5.74, 6) is -0.614. The third kappa shape index (κ3) is 4.11. The van der Waals surface area contributed by atoms with Gasteiger partial charge in [0.1, 0.15) is 17.3 Å². The molecule has 0 saturated carbocycles. The van der Waals surface area contributed by atoms with Crippen molar-refractivity contribution in [1.82, 2.24) is 14.8 Å². The molecule has 29 heavy (non-hydrogen) atoms. The molecule has 3 heterocycles. The molecule has 0 unspecified atom stereocenters. The highest BCUT2D eigenvalue weighted by atomic mass is 32.1. The zero-order valence-corrected chi connectivity index (χ0v) is 16.6. The Kier molecular flexibility index (Phi) is 5.26. The van der Waals surface area contributed by atoms with E-state index in [1.807, 2.05) is 23.5 Å². The molecule has 3 aromatic rings. The zero-order valence-electron chi connectivity index (χ0n) is 15.8. The van der Waals surface area contributed by atoms with Crippen molar-refractivity contribution < 1.29 is 14.5 Å². The van der Waals surface area contributed by atoms with E-state index in [0.29, 0.717) is 11.4 Å². The fourth-order valence-corrected chi connectivity index (χ4v) is 4.06. The predicted molar refractivity (Wildman–Crippen MR) is 108 cm³/mol. The molecular weight excluding hydrogens is 394 g/mol. The zero-order chi connectivity index (χ0) is 20.4. The minimum absolute atomic E-state index is 0.00271. The lowest BCUT2D eigenvalue weighted by Gasteiger charge is -2.17. The van der Waals surface area contributed by atoms with E-state index in [4.69, 9.17) is 4.74 Å². The minimum Gasteiger partial charge on any atom is -0.456 e. The van der Waals surface area contributed by atoms with Crippen molar-refractivity contribution in [3.8, 4) is 10.6 Å². The van der Waals surface area contributed by atoms with Gasteiger partial charge in [0.25, 0.3) is 5.69 Å². The van der Waals surface area contributed by atoms with Gasteiger partial charge in [0, 0.05) is 43.3 Å². The number of nitro benzene ring substituents is 1. The molecule has 10 heteroatoms. The first-order valence-corrected chi connectivity index (χ1v) is 10.0. The van der Waals surface area contributed by atoms with Crippen LogP contribution in [0.15, 0.2) is 36.0 Å². The second-order valence-corrected chi connectivity index (χ2v) is 7.64. The van der Waals surface area contributed by atoms with Gasteiger partial charge in [-0.1, -0.05) is 0 Å². The van der Waals surface area contributed by atoms with E-state index in [2.05, 4.69) is 10.1 Å². The lowest BCUT2D eigenvalue weighted by atomic mass is 10.1. The molecule has 0 bridgehead atoms. The Balaban J connectivity index is 1.45. The van der Waals surface area contributed by atoms with Crippen molar-refractivity contribution in [3.05, 3.63) is 57.3 Å². The Labute approximate surface area is 170 Å². The van der Waals surface area contributed by atoms with Crippen LogP contribution in [0.1, 0.15) is 28.9 Å². The second-order valence-electron chi connectivity index (χ2n) is 6.78. The molecule has 1 aliphatic rings. The maximum absolute atomic E-state index is 12.4. The van der Waals surface area contributed by atoms with E-state index in [1.54, 1.807) is 23.0 Å². The summed E-state index contributed by atoms with van der Waals surface area (Å²) in [6.07, 6.45) is 5.59. The number of hydrogen-bond acceptors (Lipinski definition) is 8. The van der Waals surface area contributed by atoms with Crippen LogP contribution in [-0.2, 0) is 18.4 Å². The van der Waals surface area contributed by atoms with Gasteiger partial charge in [0.15, 0.2) is 0 Å². The molecule has 2 aromatic heterocycles. The van der Waals surface area contributed by atoms with Gasteiger partial charge in [0.05, 0.1) is 22.4 Å².